The number of carbonyl (C=O) groups is 2. The summed E-state index contributed by atoms with van der Waals surface area (Å²) in [5.41, 5.74) is 0.0390. The molecule has 1 aromatic heterocycles. The van der Waals surface area contributed by atoms with Crippen LogP contribution >= 0.6 is 0 Å². The third kappa shape index (κ3) is 6.97. The van der Waals surface area contributed by atoms with Gasteiger partial charge in [-0.15, -0.1) is 10.2 Å². The number of rotatable bonds is 10. The predicted octanol–water partition coefficient (Wildman–Crippen LogP) is 2.79. The van der Waals surface area contributed by atoms with Crippen LogP contribution in [0.1, 0.15) is 59.9 Å². The van der Waals surface area contributed by atoms with Crippen molar-refractivity contribution in [2.75, 3.05) is 14.1 Å². The number of likely N-dealkylation sites (N-methyl/N-ethyl adjacent to an activating group) is 2. The Bertz CT molecular complexity index is 979. The van der Waals surface area contributed by atoms with Gasteiger partial charge >= 0.3 is 0 Å². The summed E-state index contributed by atoms with van der Waals surface area (Å²) in [7, 11) is 3.54. The SMILES string of the molecule is CN[C@H](C(=O)NC(C(=O)N(C)[C@H](/C=C/c1nn[nH]n1)C(C)C)C(C)(C)C)C(C)(C)c1ccccc1. The van der Waals surface area contributed by atoms with Crippen LogP contribution in [-0.4, -0.2) is 69.6 Å². The van der Waals surface area contributed by atoms with Crippen molar-refractivity contribution < 1.29 is 9.59 Å². The average molecular weight is 484 g/mol. The number of amides is 2. The Morgan fingerprint density at radius 3 is 2.17 bits per heavy atom. The molecular formula is C26H41N7O2. The van der Waals surface area contributed by atoms with E-state index in [0.717, 1.165) is 5.56 Å². The largest absolute Gasteiger partial charge is 0.342 e. The highest BCUT2D eigenvalue weighted by molar-refractivity contribution is 5.91. The highest BCUT2D eigenvalue weighted by Crippen LogP contribution is 2.29. The van der Waals surface area contributed by atoms with Crippen molar-refractivity contribution in [2.45, 2.75) is 72.0 Å². The third-order valence-corrected chi connectivity index (χ3v) is 6.47. The second kappa shape index (κ2) is 11.6. The van der Waals surface area contributed by atoms with Gasteiger partial charge in [-0.1, -0.05) is 84.9 Å². The fourth-order valence-corrected chi connectivity index (χ4v) is 4.30. The first-order valence-electron chi connectivity index (χ1n) is 12.0. The fraction of sp³-hybridized carbons (Fsp3) is 0.577. The normalized spacial score (nSPS) is 15.1. The molecule has 0 aliphatic heterocycles. The van der Waals surface area contributed by atoms with Crippen molar-refractivity contribution in [1.29, 1.82) is 0 Å². The highest BCUT2D eigenvalue weighted by Gasteiger charge is 2.41. The van der Waals surface area contributed by atoms with Gasteiger partial charge in [0.15, 0.2) is 5.82 Å². The monoisotopic (exact) mass is 483 g/mol. The van der Waals surface area contributed by atoms with E-state index in [1.165, 1.54) is 0 Å². The van der Waals surface area contributed by atoms with Gasteiger partial charge in [-0.2, -0.15) is 5.21 Å². The van der Waals surface area contributed by atoms with Crippen LogP contribution in [0.15, 0.2) is 36.4 Å². The molecule has 1 heterocycles. The van der Waals surface area contributed by atoms with E-state index in [-0.39, 0.29) is 23.8 Å². The molecule has 0 saturated heterocycles. The number of aromatic nitrogens is 4. The van der Waals surface area contributed by atoms with Crippen molar-refractivity contribution in [1.82, 2.24) is 36.2 Å². The number of tetrazole rings is 1. The summed E-state index contributed by atoms with van der Waals surface area (Å²) in [5.74, 6) is 0.198. The van der Waals surface area contributed by atoms with Gasteiger partial charge < -0.3 is 15.5 Å². The lowest BCUT2D eigenvalue weighted by atomic mass is 9.76. The Kier molecular flexibility index (Phi) is 9.31. The van der Waals surface area contributed by atoms with E-state index >= 15 is 0 Å². The van der Waals surface area contributed by atoms with Crippen LogP contribution in [0.25, 0.3) is 6.08 Å². The summed E-state index contributed by atoms with van der Waals surface area (Å²) in [6, 6.07) is 8.44. The number of H-pyrrole nitrogens is 1. The molecule has 0 bridgehead atoms. The number of nitrogens with one attached hydrogen (secondary N) is 3. The first kappa shape index (κ1) is 28.2. The van der Waals surface area contributed by atoms with E-state index in [1.807, 2.05) is 84.9 Å². The molecule has 0 aliphatic carbocycles. The molecule has 0 radical (unpaired) electrons. The zero-order chi connectivity index (χ0) is 26.4. The summed E-state index contributed by atoms with van der Waals surface area (Å²) in [6.45, 7) is 14.0. The van der Waals surface area contributed by atoms with Gasteiger partial charge in [-0.3, -0.25) is 9.59 Å². The molecule has 2 rings (SSSR count). The standard InChI is InChI=1S/C26H41N7O2/c1-17(2)19(15-16-20-29-31-32-30-20)33(9)24(35)22(25(3,4)5)28-23(34)21(27-8)26(6,7)18-13-11-10-12-14-18/h10-17,19,21-22,27H,1-9H3,(H,28,34)(H,29,30,31,32)/b16-15+/t19-,21-,22?/m1/s1. The van der Waals surface area contributed by atoms with Crippen molar-refractivity contribution in [3.63, 3.8) is 0 Å². The van der Waals surface area contributed by atoms with Crippen LogP contribution in [0.2, 0.25) is 0 Å². The molecule has 0 fully saturated rings. The molecule has 1 aromatic carbocycles. The molecule has 3 atom stereocenters. The molecule has 2 amide bonds. The third-order valence-electron chi connectivity index (χ3n) is 6.47. The number of nitrogens with zero attached hydrogens (tertiary/aromatic N) is 4. The summed E-state index contributed by atoms with van der Waals surface area (Å²) >= 11 is 0. The van der Waals surface area contributed by atoms with Gasteiger partial charge in [-0.05, 0) is 35.2 Å². The Balaban J connectivity index is 2.29. The Labute approximate surface area is 209 Å². The smallest absolute Gasteiger partial charge is 0.245 e. The Hall–Kier alpha value is -3.07. The van der Waals surface area contributed by atoms with Crippen LogP contribution in [-0.2, 0) is 15.0 Å². The first-order chi connectivity index (χ1) is 16.3. The molecule has 0 spiro atoms. The number of aromatic amines is 1. The van der Waals surface area contributed by atoms with Gasteiger partial charge in [0.25, 0.3) is 0 Å². The van der Waals surface area contributed by atoms with Crippen LogP contribution in [0.3, 0.4) is 0 Å². The number of carbonyl (C=O) groups excluding carboxylic acids is 2. The maximum Gasteiger partial charge on any atom is 0.245 e. The highest BCUT2D eigenvalue weighted by atomic mass is 16.2. The number of benzene rings is 1. The lowest BCUT2D eigenvalue weighted by molar-refractivity contribution is -0.140. The van der Waals surface area contributed by atoms with Gasteiger partial charge in [0.05, 0.1) is 12.1 Å². The van der Waals surface area contributed by atoms with Gasteiger partial charge in [-0.25, -0.2) is 0 Å². The molecule has 1 unspecified atom stereocenters. The van der Waals surface area contributed by atoms with Crippen LogP contribution in [0.4, 0.5) is 0 Å². The van der Waals surface area contributed by atoms with E-state index in [2.05, 4.69) is 31.3 Å². The second-order valence-electron chi connectivity index (χ2n) is 10.9. The molecule has 0 saturated carbocycles. The van der Waals surface area contributed by atoms with E-state index in [4.69, 9.17) is 0 Å². The number of hydrogen-bond donors (Lipinski definition) is 3. The average Bonchev–Trinajstić information content (AvgIpc) is 3.30. The topological polar surface area (TPSA) is 116 Å². The van der Waals surface area contributed by atoms with E-state index in [9.17, 15) is 9.59 Å². The van der Waals surface area contributed by atoms with Crippen LogP contribution in [0.5, 0.6) is 0 Å². The minimum Gasteiger partial charge on any atom is -0.342 e. The maximum absolute atomic E-state index is 13.8. The Morgan fingerprint density at radius 2 is 1.69 bits per heavy atom. The lowest BCUT2D eigenvalue weighted by Crippen LogP contribution is -2.61. The predicted molar refractivity (Wildman–Crippen MR) is 138 cm³/mol. The summed E-state index contributed by atoms with van der Waals surface area (Å²) in [4.78, 5) is 29.0. The van der Waals surface area contributed by atoms with E-state index in [0.29, 0.717) is 5.82 Å². The first-order valence-corrected chi connectivity index (χ1v) is 12.0. The summed E-state index contributed by atoms with van der Waals surface area (Å²) in [5, 5.41) is 20.1. The van der Waals surface area contributed by atoms with Gasteiger partial charge in [0.2, 0.25) is 11.8 Å². The van der Waals surface area contributed by atoms with E-state index in [1.54, 1.807) is 25.1 Å². The molecule has 192 valence electrons. The number of hydrogen-bond acceptors (Lipinski definition) is 6. The second-order valence-corrected chi connectivity index (χ2v) is 10.9. The Morgan fingerprint density at radius 1 is 1.06 bits per heavy atom. The fourth-order valence-electron chi connectivity index (χ4n) is 4.30. The quantitative estimate of drug-likeness (QED) is 0.479. The van der Waals surface area contributed by atoms with Gasteiger partial charge in [0.1, 0.15) is 6.04 Å². The summed E-state index contributed by atoms with van der Waals surface area (Å²) in [6.07, 6.45) is 3.63. The molecule has 2 aromatic rings. The van der Waals surface area contributed by atoms with Gasteiger partial charge in [0, 0.05) is 12.5 Å². The minimum absolute atomic E-state index is 0.130. The minimum atomic E-state index is -0.720. The van der Waals surface area contributed by atoms with E-state index < -0.39 is 22.9 Å². The maximum atomic E-state index is 13.8. The molecule has 9 heteroatoms. The molecular weight excluding hydrogens is 442 g/mol. The van der Waals surface area contributed by atoms with Crippen molar-refractivity contribution in [3.8, 4) is 0 Å². The van der Waals surface area contributed by atoms with Crippen LogP contribution < -0.4 is 10.6 Å². The molecule has 35 heavy (non-hydrogen) atoms. The summed E-state index contributed by atoms with van der Waals surface area (Å²) < 4.78 is 0. The lowest BCUT2D eigenvalue weighted by Gasteiger charge is -2.39. The zero-order valence-corrected chi connectivity index (χ0v) is 22.5. The molecule has 9 nitrogen and oxygen atoms in total. The van der Waals surface area contributed by atoms with Crippen molar-refractivity contribution >= 4 is 17.9 Å². The van der Waals surface area contributed by atoms with Crippen LogP contribution in [0, 0.1) is 11.3 Å². The molecule has 0 aliphatic rings. The zero-order valence-electron chi connectivity index (χ0n) is 22.5. The molecule has 3 N–H and O–H groups in total. The van der Waals surface area contributed by atoms with Crippen molar-refractivity contribution in [3.05, 3.63) is 47.8 Å². The van der Waals surface area contributed by atoms with Crippen molar-refractivity contribution in [2.24, 2.45) is 11.3 Å².